The number of benzene rings is 1. The molecule has 0 aliphatic heterocycles. The van der Waals surface area contributed by atoms with Crippen molar-refractivity contribution in [2.24, 2.45) is 0 Å². The van der Waals surface area contributed by atoms with E-state index in [1.165, 1.54) is 5.56 Å². The van der Waals surface area contributed by atoms with Crippen LogP contribution in [0.1, 0.15) is 22.2 Å². The fourth-order valence-electron chi connectivity index (χ4n) is 2.50. The summed E-state index contributed by atoms with van der Waals surface area (Å²) < 4.78 is 0. The van der Waals surface area contributed by atoms with Gasteiger partial charge < -0.3 is 10.4 Å². The van der Waals surface area contributed by atoms with Crippen LogP contribution in [0.4, 0.5) is 0 Å². The summed E-state index contributed by atoms with van der Waals surface area (Å²) in [5.74, 6) is 0. The van der Waals surface area contributed by atoms with E-state index in [0.717, 1.165) is 34.8 Å². The van der Waals surface area contributed by atoms with E-state index < -0.39 is 6.10 Å². The Hall–Kier alpha value is -2.08. The minimum atomic E-state index is -0.519. The second-order valence-electron chi connectivity index (χ2n) is 5.70. The molecule has 2 heterocycles. The van der Waals surface area contributed by atoms with E-state index in [4.69, 9.17) is 0 Å². The van der Waals surface area contributed by atoms with Crippen molar-refractivity contribution in [1.82, 2.24) is 15.3 Å². The minimum Gasteiger partial charge on any atom is -0.387 e. The smallest absolute Gasteiger partial charge is 0.0929 e. The first-order valence-corrected chi connectivity index (χ1v) is 8.90. The van der Waals surface area contributed by atoms with Crippen LogP contribution in [0.5, 0.6) is 0 Å². The summed E-state index contributed by atoms with van der Waals surface area (Å²) in [6, 6.07) is 12.2. The number of nitrogens with one attached hydrogen (secondary N) is 1. The van der Waals surface area contributed by atoms with E-state index in [1.54, 1.807) is 23.7 Å². The Balaban J connectivity index is 1.45. The van der Waals surface area contributed by atoms with Crippen LogP contribution in [0.25, 0.3) is 11.3 Å². The standard InChI is InChI=1S/C19H21N3OS/c1-14-22-18(13-24-14)16-6-4-15(5-7-16)8-10-21-12-19(23)17-3-2-9-20-11-17/h2-7,9,11,13,19,21,23H,8,10,12H2,1H3. The lowest BCUT2D eigenvalue weighted by atomic mass is 10.1. The Kier molecular flexibility index (Phi) is 5.69. The molecule has 2 aromatic heterocycles. The molecule has 0 fully saturated rings. The molecule has 124 valence electrons. The quantitative estimate of drug-likeness (QED) is 0.648. The van der Waals surface area contributed by atoms with Gasteiger partial charge in [0.25, 0.3) is 0 Å². The third-order valence-corrected chi connectivity index (χ3v) is 4.64. The van der Waals surface area contributed by atoms with Gasteiger partial charge in [-0.25, -0.2) is 4.98 Å². The number of hydrogen-bond donors (Lipinski definition) is 2. The third kappa shape index (κ3) is 4.47. The highest BCUT2D eigenvalue weighted by atomic mass is 32.1. The number of aryl methyl sites for hydroxylation is 1. The van der Waals surface area contributed by atoms with Crippen molar-refractivity contribution >= 4 is 11.3 Å². The molecule has 0 aliphatic carbocycles. The highest BCUT2D eigenvalue weighted by Crippen LogP contribution is 2.21. The average molecular weight is 339 g/mol. The number of pyridine rings is 1. The minimum absolute atomic E-state index is 0.519. The first-order chi connectivity index (χ1) is 11.7. The predicted octanol–water partition coefficient (Wildman–Crippen LogP) is 3.38. The number of rotatable bonds is 7. The van der Waals surface area contributed by atoms with Gasteiger partial charge in [-0.15, -0.1) is 11.3 Å². The molecule has 3 aromatic rings. The molecule has 24 heavy (non-hydrogen) atoms. The lowest BCUT2D eigenvalue weighted by Crippen LogP contribution is -2.23. The molecule has 0 amide bonds. The summed E-state index contributed by atoms with van der Waals surface area (Å²) in [6.07, 6.45) is 3.82. The Morgan fingerprint density at radius 1 is 1.21 bits per heavy atom. The van der Waals surface area contributed by atoms with Gasteiger partial charge in [-0.2, -0.15) is 0 Å². The largest absolute Gasteiger partial charge is 0.387 e. The number of thiazole rings is 1. The van der Waals surface area contributed by atoms with E-state index in [0.29, 0.717) is 6.54 Å². The maximum atomic E-state index is 10.1. The summed E-state index contributed by atoms with van der Waals surface area (Å²) in [4.78, 5) is 8.53. The van der Waals surface area contributed by atoms with E-state index in [9.17, 15) is 5.11 Å². The van der Waals surface area contributed by atoms with Crippen LogP contribution in [0.2, 0.25) is 0 Å². The molecule has 2 N–H and O–H groups in total. The van der Waals surface area contributed by atoms with Gasteiger partial charge in [0.1, 0.15) is 0 Å². The fourth-order valence-corrected chi connectivity index (χ4v) is 3.12. The zero-order chi connectivity index (χ0) is 16.8. The molecule has 0 saturated carbocycles. The van der Waals surface area contributed by atoms with E-state index in [2.05, 4.69) is 44.9 Å². The molecule has 1 atom stereocenters. The van der Waals surface area contributed by atoms with Crippen molar-refractivity contribution in [3.05, 3.63) is 70.3 Å². The number of aromatic nitrogens is 2. The average Bonchev–Trinajstić information content (AvgIpc) is 3.06. The maximum Gasteiger partial charge on any atom is 0.0929 e. The molecule has 1 unspecified atom stereocenters. The molecule has 5 heteroatoms. The third-order valence-electron chi connectivity index (χ3n) is 3.87. The summed E-state index contributed by atoms with van der Waals surface area (Å²) in [6.45, 7) is 3.38. The molecular weight excluding hydrogens is 318 g/mol. The van der Waals surface area contributed by atoms with Crippen molar-refractivity contribution in [2.45, 2.75) is 19.4 Å². The van der Waals surface area contributed by atoms with Crippen LogP contribution in [0.15, 0.2) is 54.2 Å². The second kappa shape index (κ2) is 8.15. The Labute approximate surface area is 146 Å². The topological polar surface area (TPSA) is 58.0 Å². The van der Waals surface area contributed by atoms with Crippen LogP contribution in [0.3, 0.4) is 0 Å². The second-order valence-corrected chi connectivity index (χ2v) is 6.77. The molecule has 0 saturated heterocycles. The lowest BCUT2D eigenvalue weighted by molar-refractivity contribution is 0.174. The number of aliphatic hydroxyl groups excluding tert-OH is 1. The highest BCUT2D eigenvalue weighted by Gasteiger charge is 2.06. The number of hydrogen-bond acceptors (Lipinski definition) is 5. The van der Waals surface area contributed by atoms with Crippen LogP contribution in [-0.2, 0) is 6.42 Å². The van der Waals surface area contributed by atoms with Gasteiger partial charge in [0, 0.05) is 35.4 Å². The van der Waals surface area contributed by atoms with Crippen molar-refractivity contribution in [3.8, 4) is 11.3 Å². The summed E-state index contributed by atoms with van der Waals surface area (Å²) >= 11 is 1.67. The monoisotopic (exact) mass is 339 g/mol. The van der Waals surface area contributed by atoms with Gasteiger partial charge >= 0.3 is 0 Å². The Morgan fingerprint density at radius 2 is 2.04 bits per heavy atom. The predicted molar refractivity (Wildman–Crippen MR) is 98.1 cm³/mol. The Bertz CT molecular complexity index is 756. The molecule has 0 aliphatic rings. The molecular formula is C19H21N3OS. The van der Waals surface area contributed by atoms with Crippen LogP contribution in [-0.4, -0.2) is 28.2 Å². The fraction of sp³-hybridized carbons (Fsp3) is 0.263. The van der Waals surface area contributed by atoms with Crippen LogP contribution >= 0.6 is 11.3 Å². The normalized spacial score (nSPS) is 12.2. The van der Waals surface area contributed by atoms with E-state index in [1.807, 2.05) is 19.1 Å². The first-order valence-electron chi connectivity index (χ1n) is 8.02. The van der Waals surface area contributed by atoms with Gasteiger partial charge in [-0.1, -0.05) is 30.3 Å². The SMILES string of the molecule is Cc1nc(-c2ccc(CCNCC(O)c3cccnc3)cc2)cs1. The van der Waals surface area contributed by atoms with Gasteiger partial charge in [-0.3, -0.25) is 4.98 Å². The Morgan fingerprint density at radius 3 is 2.71 bits per heavy atom. The van der Waals surface area contributed by atoms with Crippen LogP contribution in [0, 0.1) is 6.92 Å². The summed E-state index contributed by atoms with van der Waals surface area (Å²) in [5, 5.41) is 16.5. The molecule has 1 aromatic carbocycles. The van der Waals surface area contributed by atoms with Gasteiger partial charge in [0.15, 0.2) is 0 Å². The van der Waals surface area contributed by atoms with E-state index in [-0.39, 0.29) is 0 Å². The summed E-state index contributed by atoms with van der Waals surface area (Å²) in [5.41, 5.74) is 4.31. The number of nitrogens with zero attached hydrogens (tertiary/aromatic N) is 2. The van der Waals surface area contributed by atoms with Crippen molar-refractivity contribution < 1.29 is 5.11 Å². The molecule has 0 bridgehead atoms. The van der Waals surface area contributed by atoms with Crippen LogP contribution < -0.4 is 5.32 Å². The van der Waals surface area contributed by atoms with Gasteiger partial charge in [0.2, 0.25) is 0 Å². The molecule has 0 radical (unpaired) electrons. The molecule has 0 spiro atoms. The number of aliphatic hydroxyl groups is 1. The zero-order valence-corrected chi connectivity index (χ0v) is 14.5. The zero-order valence-electron chi connectivity index (χ0n) is 13.6. The van der Waals surface area contributed by atoms with Gasteiger partial charge in [-0.05, 0) is 31.5 Å². The first kappa shape index (κ1) is 16.8. The molecule has 3 rings (SSSR count). The van der Waals surface area contributed by atoms with Crippen molar-refractivity contribution in [3.63, 3.8) is 0 Å². The van der Waals surface area contributed by atoms with E-state index >= 15 is 0 Å². The van der Waals surface area contributed by atoms with Gasteiger partial charge in [0.05, 0.1) is 16.8 Å². The van der Waals surface area contributed by atoms with Crippen molar-refractivity contribution in [1.29, 1.82) is 0 Å². The summed E-state index contributed by atoms with van der Waals surface area (Å²) in [7, 11) is 0. The lowest BCUT2D eigenvalue weighted by Gasteiger charge is -2.11. The van der Waals surface area contributed by atoms with Crippen molar-refractivity contribution in [2.75, 3.05) is 13.1 Å². The maximum absolute atomic E-state index is 10.1. The highest BCUT2D eigenvalue weighted by molar-refractivity contribution is 7.09. The molecule has 4 nitrogen and oxygen atoms in total.